The molecule has 0 heterocycles. The molecular formula is C21H20N2S2. The molecule has 0 aliphatic heterocycles. The lowest BCUT2D eigenvalue weighted by atomic mass is 10.1. The van der Waals surface area contributed by atoms with E-state index in [4.69, 9.17) is 12.2 Å². The molecule has 3 aromatic rings. The number of benzene rings is 3. The van der Waals surface area contributed by atoms with Gasteiger partial charge in [-0.15, -0.1) is 0 Å². The summed E-state index contributed by atoms with van der Waals surface area (Å²) in [7, 11) is 0. The van der Waals surface area contributed by atoms with E-state index in [1.165, 1.54) is 10.5 Å². The van der Waals surface area contributed by atoms with Crippen LogP contribution in [0, 0.1) is 0 Å². The van der Waals surface area contributed by atoms with Gasteiger partial charge in [0, 0.05) is 16.3 Å². The van der Waals surface area contributed by atoms with Crippen LogP contribution in [0.2, 0.25) is 0 Å². The van der Waals surface area contributed by atoms with Crippen molar-refractivity contribution in [2.45, 2.75) is 16.2 Å². The van der Waals surface area contributed by atoms with Crippen molar-refractivity contribution in [2.75, 3.05) is 11.9 Å². The molecule has 0 amide bonds. The summed E-state index contributed by atoms with van der Waals surface area (Å²) in [4.78, 5) is 2.36. The van der Waals surface area contributed by atoms with Crippen molar-refractivity contribution in [3.8, 4) is 0 Å². The quantitative estimate of drug-likeness (QED) is 0.575. The molecule has 2 nitrogen and oxygen atoms in total. The Balaban J connectivity index is 1.56. The lowest BCUT2D eigenvalue weighted by Gasteiger charge is -2.14. The number of nitrogens with one attached hydrogen (secondary N) is 2. The topological polar surface area (TPSA) is 24.1 Å². The number of hydrogen-bond donors (Lipinski definition) is 2. The van der Waals surface area contributed by atoms with E-state index in [0.29, 0.717) is 5.11 Å². The van der Waals surface area contributed by atoms with Crippen LogP contribution in [0.15, 0.2) is 94.7 Å². The zero-order valence-corrected chi connectivity index (χ0v) is 15.4. The van der Waals surface area contributed by atoms with Crippen molar-refractivity contribution in [2.24, 2.45) is 0 Å². The average molecular weight is 365 g/mol. The van der Waals surface area contributed by atoms with Crippen molar-refractivity contribution >= 4 is 34.8 Å². The Kier molecular flexibility index (Phi) is 6.48. The lowest BCUT2D eigenvalue weighted by molar-refractivity contribution is 0.873. The molecule has 25 heavy (non-hydrogen) atoms. The predicted octanol–water partition coefficient (Wildman–Crippen LogP) is 5.37. The highest BCUT2D eigenvalue weighted by Gasteiger charge is 2.05. The maximum atomic E-state index is 5.44. The van der Waals surface area contributed by atoms with Crippen LogP contribution in [-0.4, -0.2) is 11.7 Å². The molecule has 0 aliphatic rings. The third kappa shape index (κ3) is 5.62. The van der Waals surface area contributed by atoms with Gasteiger partial charge in [-0.25, -0.2) is 0 Å². The van der Waals surface area contributed by atoms with Gasteiger partial charge in [0.05, 0.1) is 5.69 Å². The fourth-order valence-electron chi connectivity index (χ4n) is 2.41. The number of thiocarbonyl (C=S) groups is 1. The van der Waals surface area contributed by atoms with Crippen LogP contribution in [0.25, 0.3) is 0 Å². The first-order valence-electron chi connectivity index (χ1n) is 8.22. The molecule has 0 aliphatic carbocycles. The predicted molar refractivity (Wildman–Crippen MR) is 111 cm³/mol. The maximum absolute atomic E-state index is 5.44. The summed E-state index contributed by atoms with van der Waals surface area (Å²) in [6.07, 6.45) is 0.947. The van der Waals surface area contributed by atoms with Gasteiger partial charge >= 0.3 is 0 Å². The summed E-state index contributed by atoms with van der Waals surface area (Å²) in [5.41, 5.74) is 2.33. The van der Waals surface area contributed by atoms with Crippen molar-refractivity contribution < 1.29 is 0 Å². The Hall–Kier alpha value is -2.30. The lowest BCUT2D eigenvalue weighted by Crippen LogP contribution is -2.30. The number of hydrogen-bond acceptors (Lipinski definition) is 2. The minimum Gasteiger partial charge on any atom is -0.362 e. The maximum Gasteiger partial charge on any atom is 0.170 e. The largest absolute Gasteiger partial charge is 0.362 e. The number of rotatable bonds is 6. The summed E-state index contributed by atoms with van der Waals surface area (Å²) in [5, 5.41) is 7.25. The molecule has 3 aromatic carbocycles. The van der Waals surface area contributed by atoms with Gasteiger partial charge in [0.25, 0.3) is 0 Å². The van der Waals surface area contributed by atoms with E-state index in [9.17, 15) is 0 Å². The molecule has 0 spiro atoms. The molecule has 2 N–H and O–H groups in total. The first kappa shape index (κ1) is 17.5. The zero-order chi connectivity index (χ0) is 17.3. The third-order valence-electron chi connectivity index (χ3n) is 3.65. The fourth-order valence-corrected chi connectivity index (χ4v) is 3.54. The summed E-state index contributed by atoms with van der Waals surface area (Å²) in [6.45, 7) is 0.809. The fraction of sp³-hybridized carbons (Fsp3) is 0.0952. The van der Waals surface area contributed by atoms with Gasteiger partial charge in [-0.05, 0) is 48.5 Å². The second kappa shape index (κ2) is 9.25. The van der Waals surface area contributed by atoms with Crippen LogP contribution in [0.3, 0.4) is 0 Å². The van der Waals surface area contributed by atoms with E-state index in [0.717, 1.165) is 23.5 Å². The van der Waals surface area contributed by atoms with E-state index in [-0.39, 0.29) is 0 Å². The van der Waals surface area contributed by atoms with Crippen LogP contribution in [0.5, 0.6) is 0 Å². The first-order valence-corrected chi connectivity index (χ1v) is 9.44. The Labute approximate surface area is 158 Å². The molecule has 0 saturated heterocycles. The number of anilines is 1. The second-order valence-corrected chi connectivity index (χ2v) is 7.05. The Morgan fingerprint density at radius 1 is 0.800 bits per heavy atom. The standard InChI is InChI=1S/C21H20N2S2/c24-21(22-16-15-17-9-3-1-4-10-17)23-19-13-7-8-14-20(19)25-18-11-5-2-6-12-18/h1-14H,15-16H2,(H2,22,23,24). The summed E-state index contributed by atoms with van der Waals surface area (Å²) >= 11 is 7.17. The Morgan fingerprint density at radius 2 is 1.44 bits per heavy atom. The SMILES string of the molecule is S=C(NCCc1ccccc1)Nc1ccccc1Sc1ccccc1. The zero-order valence-electron chi connectivity index (χ0n) is 13.8. The van der Waals surface area contributed by atoms with Gasteiger partial charge in [-0.3, -0.25) is 0 Å². The molecule has 0 saturated carbocycles. The van der Waals surface area contributed by atoms with Gasteiger partial charge < -0.3 is 10.6 Å². The van der Waals surface area contributed by atoms with Crippen LogP contribution in [-0.2, 0) is 6.42 Å². The van der Waals surface area contributed by atoms with Crippen LogP contribution in [0.1, 0.15) is 5.56 Å². The summed E-state index contributed by atoms with van der Waals surface area (Å²) in [6, 6.07) is 29.0. The minimum absolute atomic E-state index is 0.650. The van der Waals surface area contributed by atoms with E-state index in [1.807, 2.05) is 36.4 Å². The monoisotopic (exact) mass is 364 g/mol. The average Bonchev–Trinajstić information content (AvgIpc) is 2.65. The third-order valence-corrected chi connectivity index (χ3v) is 4.98. The summed E-state index contributed by atoms with van der Waals surface area (Å²) in [5.74, 6) is 0. The van der Waals surface area contributed by atoms with Crippen LogP contribution in [0.4, 0.5) is 5.69 Å². The molecule has 0 fully saturated rings. The first-order chi connectivity index (χ1) is 12.3. The molecular weight excluding hydrogens is 344 g/mol. The van der Waals surface area contributed by atoms with Gasteiger partial charge in [0.2, 0.25) is 0 Å². The van der Waals surface area contributed by atoms with Gasteiger partial charge in [-0.1, -0.05) is 72.4 Å². The highest BCUT2D eigenvalue weighted by atomic mass is 32.2. The Bertz CT molecular complexity index is 804. The molecule has 0 atom stereocenters. The van der Waals surface area contributed by atoms with Crippen molar-refractivity contribution in [3.05, 3.63) is 90.5 Å². The second-order valence-electron chi connectivity index (χ2n) is 5.53. The normalized spacial score (nSPS) is 10.2. The highest BCUT2D eigenvalue weighted by Crippen LogP contribution is 2.33. The Morgan fingerprint density at radius 3 is 2.20 bits per heavy atom. The molecule has 0 aromatic heterocycles. The highest BCUT2D eigenvalue weighted by molar-refractivity contribution is 7.99. The molecule has 0 bridgehead atoms. The molecule has 0 unspecified atom stereocenters. The van der Waals surface area contributed by atoms with E-state index in [2.05, 4.69) is 59.2 Å². The minimum atomic E-state index is 0.650. The van der Waals surface area contributed by atoms with E-state index < -0.39 is 0 Å². The van der Waals surface area contributed by atoms with Crippen molar-refractivity contribution in [3.63, 3.8) is 0 Å². The van der Waals surface area contributed by atoms with Gasteiger partial charge in [0.1, 0.15) is 0 Å². The van der Waals surface area contributed by atoms with Gasteiger partial charge in [-0.2, -0.15) is 0 Å². The van der Waals surface area contributed by atoms with E-state index >= 15 is 0 Å². The van der Waals surface area contributed by atoms with Gasteiger partial charge in [0.15, 0.2) is 5.11 Å². The van der Waals surface area contributed by atoms with Crippen LogP contribution < -0.4 is 10.6 Å². The molecule has 4 heteroatoms. The van der Waals surface area contributed by atoms with Crippen molar-refractivity contribution in [1.29, 1.82) is 0 Å². The number of para-hydroxylation sites is 1. The molecule has 3 rings (SSSR count). The molecule has 0 radical (unpaired) electrons. The van der Waals surface area contributed by atoms with Crippen LogP contribution >= 0.6 is 24.0 Å². The smallest absolute Gasteiger partial charge is 0.170 e. The van der Waals surface area contributed by atoms with E-state index in [1.54, 1.807) is 11.8 Å². The molecule has 126 valence electrons. The summed E-state index contributed by atoms with van der Waals surface area (Å²) < 4.78 is 0. The van der Waals surface area contributed by atoms with Crippen molar-refractivity contribution in [1.82, 2.24) is 5.32 Å².